The summed E-state index contributed by atoms with van der Waals surface area (Å²) in [4.78, 5) is 4.67. The monoisotopic (exact) mass is 244 g/mol. The molecule has 3 heteroatoms. The first-order chi connectivity index (χ1) is 8.76. The Balaban J connectivity index is 2.37. The number of aliphatic hydroxyl groups excluding tert-OH is 1. The molecule has 1 heterocycles. The Labute approximate surface area is 108 Å². The Kier molecular flexibility index (Phi) is 4.28. The topological polar surface area (TPSA) is 59.1 Å². The van der Waals surface area contributed by atoms with Gasteiger partial charge in [-0.05, 0) is 25.0 Å². The highest BCUT2D eigenvalue weighted by Crippen LogP contribution is 2.24. The van der Waals surface area contributed by atoms with E-state index in [9.17, 15) is 5.11 Å². The van der Waals surface area contributed by atoms with E-state index < -0.39 is 0 Å². The highest BCUT2D eigenvalue weighted by Gasteiger charge is 2.19. The van der Waals surface area contributed by atoms with Gasteiger partial charge in [0, 0.05) is 29.6 Å². The summed E-state index contributed by atoms with van der Waals surface area (Å²) in [6.07, 6.45) is 1.56. The fourth-order valence-corrected chi connectivity index (χ4v) is 2.29. The predicted molar refractivity (Wildman–Crippen MR) is 74.5 cm³/mol. The van der Waals surface area contributed by atoms with E-state index in [1.165, 1.54) is 0 Å². The lowest BCUT2D eigenvalue weighted by Gasteiger charge is -2.21. The Morgan fingerprint density at radius 2 is 2.00 bits per heavy atom. The van der Waals surface area contributed by atoms with Crippen LogP contribution in [-0.2, 0) is 0 Å². The number of aromatic nitrogens is 1. The molecule has 96 valence electrons. The summed E-state index contributed by atoms with van der Waals surface area (Å²) in [7, 11) is 0. The van der Waals surface area contributed by atoms with Crippen molar-refractivity contribution < 1.29 is 5.11 Å². The normalized spacial score (nSPS) is 14.6. The quantitative estimate of drug-likeness (QED) is 0.849. The molecule has 1 aromatic carbocycles. The van der Waals surface area contributed by atoms with Crippen molar-refractivity contribution in [3.05, 3.63) is 42.1 Å². The first-order valence-corrected chi connectivity index (χ1v) is 6.48. The van der Waals surface area contributed by atoms with Crippen LogP contribution in [0.25, 0.3) is 10.9 Å². The number of benzene rings is 1. The number of hydrogen-bond acceptors (Lipinski definition) is 3. The second-order valence-corrected chi connectivity index (χ2v) is 4.62. The summed E-state index contributed by atoms with van der Waals surface area (Å²) in [6.45, 7) is 2.21. The molecule has 0 saturated carbocycles. The predicted octanol–water partition coefficient (Wildman–Crippen LogP) is 2.44. The van der Waals surface area contributed by atoms with Crippen molar-refractivity contribution in [1.29, 1.82) is 0 Å². The summed E-state index contributed by atoms with van der Waals surface area (Å²) in [5.74, 6) is 0.129. The minimum Gasteiger partial charge on any atom is -0.396 e. The van der Waals surface area contributed by atoms with Gasteiger partial charge in [-0.25, -0.2) is 0 Å². The van der Waals surface area contributed by atoms with Gasteiger partial charge in [-0.2, -0.15) is 0 Å². The van der Waals surface area contributed by atoms with Crippen LogP contribution in [0.15, 0.2) is 36.4 Å². The van der Waals surface area contributed by atoms with Gasteiger partial charge in [0.25, 0.3) is 0 Å². The third-order valence-corrected chi connectivity index (χ3v) is 3.43. The molecule has 0 saturated heterocycles. The maximum atomic E-state index is 9.17. The van der Waals surface area contributed by atoms with Crippen LogP contribution in [0.5, 0.6) is 0 Å². The van der Waals surface area contributed by atoms with Crippen LogP contribution in [-0.4, -0.2) is 22.7 Å². The second kappa shape index (κ2) is 5.94. The smallest absolute Gasteiger partial charge is 0.0705 e. The van der Waals surface area contributed by atoms with Crippen molar-refractivity contribution >= 4 is 10.9 Å². The molecule has 1 aromatic heterocycles. The summed E-state index contributed by atoms with van der Waals surface area (Å²) in [5, 5.41) is 10.3. The number of hydrogen-bond donors (Lipinski definition) is 2. The molecule has 2 unspecified atom stereocenters. The van der Waals surface area contributed by atoms with Crippen LogP contribution >= 0.6 is 0 Å². The van der Waals surface area contributed by atoms with E-state index in [0.29, 0.717) is 6.42 Å². The number of rotatable bonds is 5. The number of pyridine rings is 1. The molecule has 18 heavy (non-hydrogen) atoms. The SMILES string of the molecule is CCC(N)C(CCO)c1ccc2ccccc2n1. The van der Waals surface area contributed by atoms with Gasteiger partial charge >= 0.3 is 0 Å². The molecule has 0 aliphatic rings. The zero-order valence-corrected chi connectivity index (χ0v) is 10.7. The molecule has 0 bridgehead atoms. The third kappa shape index (κ3) is 2.68. The van der Waals surface area contributed by atoms with Gasteiger partial charge in [0.1, 0.15) is 0 Å². The maximum Gasteiger partial charge on any atom is 0.0705 e. The zero-order chi connectivity index (χ0) is 13.0. The van der Waals surface area contributed by atoms with Crippen molar-refractivity contribution in [2.24, 2.45) is 5.73 Å². The minimum absolute atomic E-state index is 0.0470. The lowest BCUT2D eigenvalue weighted by atomic mass is 9.91. The van der Waals surface area contributed by atoms with E-state index in [2.05, 4.69) is 18.0 Å². The lowest BCUT2D eigenvalue weighted by Crippen LogP contribution is -2.29. The molecule has 0 spiro atoms. The number of aliphatic hydroxyl groups is 1. The summed E-state index contributed by atoms with van der Waals surface area (Å²) >= 11 is 0. The largest absolute Gasteiger partial charge is 0.396 e. The van der Waals surface area contributed by atoms with Crippen LogP contribution in [0.2, 0.25) is 0 Å². The lowest BCUT2D eigenvalue weighted by molar-refractivity contribution is 0.265. The maximum absolute atomic E-state index is 9.17. The van der Waals surface area contributed by atoms with Crippen LogP contribution < -0.4 is 5.73 Å². The summed E-state index contributed by atoms with van der Waals surface area (Å²) in [5.41, 5.74) is 8.10. The second-order valence-electron chi connectivity index (χ2n) is 4.62. The average molecular weight is 244 g/mol. The molecule has 2 atom stereocenters. The summed E-state index contributed by atoms with van der Waals surface area (Å²) < 4.78 is 0. The highest BCUT2D eigenvalue weighted by atomic mass is 16.3. The van der Waals surface area contributed by atoms with Crippen LogP contribution in [0.4, 0.5) is 0 Å². The molecule has 0 aliphatic heterocycles. The van der Waals surface area contributed by atoms with E-state index in [0.717, 1.165) is 23.0 Å². The fraction of sp³-hybridized carbons (Fsp3) is 0.400. The first-order valence-electron chi connectivity index (χ1n) is 6.48. The number of para-hydroxylation sites is 1. The Morgan fingerprint density at radius 3 is 2.72 bits per heavy atom. The standard InChI is InChI=1S/C15H20N2O/c1-2-13(16)12(9-10-18)15-8-7-11-5-3-4-6-14(11)17-15/h3-8,12-13,18H,2,9-10,16H2,1H3. The average Bonchev–Trinajstić information content (AvgIpc) is 2.43. The van der Waals surface area contributed by atoms with Crippen molar-refractivity contribution in [3.8, 4) is 0 Å². The highest BCUT2D eigenvalue weighted by molar-refractivity contribution is 5.78. The van der Waals surface area contributed by atoms with Crippen molar-refractivity contribution in [3.63, 3.8) is 0 Å². The number of nitrogens with zero attached hydrogens (tertiary/aromatic N) is 1. The van der Waals surface area contributed by atoms with Gasteiger partial charge in [-0.15, -0.1) is 0 Å². The molecular weight excluding hydrogens is 224 g/mol. The molecule has 0 aliphatic carbocycles. The van der Waals surface area contributed by atoms with Crippen LogP contribution in [0.3, 0.4) is 0 Å². The van der Waals surface area contributed by atoms with Crippen molar-refractivity contribution in [1.82, 2.24) is 4.98 Å². The van der Waals surface area contributed by atoms with Crippen molar-refractivity contribution in [2.75, 3.05) is 6.61 Å². The van der Waals surface area contributed by atoms with E-state index in [1.807, 2.05) is 30.3 Å². The van der Waals surface area contributed by atoms with Gasteiger partial charge in [0.05, 0.1) is 5.52 Å². The minimum atomic E-state index is 0.0470. The molecule has 0 radical (unpaired) electrons. The van der Waals surface area contributed by atoms with Gasteiger partial charge in [-0.3, -0.25) is 4.98 Å². The molecular formula is C15H20N2O. The van der Waals surface area contributed by atoms with Crippen LogP contribution in [0, 0.1) is 0 Å². The molecule has 3 N–H and O–H groups in total. The van der Waals surface area contributed by atoms with Gasteiger partial charge < -0.3 is 10.8 Å². The molecule has 0 amide bonds. The van der Waals surface area contributed by atoms with E-state index in [-0.39, 0.29) is 18.6 Å². The fourth-order valence-electron chi connectivity index (χ4n) is 2.29. The molecule has 3 nitrogen and oxygen atoms in total. The van der Waals surface area contributed by atoms with Crippen molar-refractivity contribution in [2.45, 2.75) is 31.7 Å². The number of fused-ring (bicyclic) bond motifs is 1. The molecule has 2 rings (SSSR count). The Morgan fingerprint density at radius 1 is 1.22 bits per heavy atom. The first kappa shape index (κ1) is 13.0. The molecule has 0 fully saturated rings. The van der Waals surface area contributed by atoms with Gasteiger partial charge in [-0.1, -0.05) is 31.2 Å². The zero-order valence-electron chi connectivity index (χ0n) is 10.7. The van der Waals surface area contributed by atoms with Gasteiger partial charge in [0.15, 0.2) is 0 Å². The van der Waals surface area contributed by atoms with E-state index >= 15 is 0 Å². The van der Waals surface area contributed by atoms with E-state index in [4.69, 9.17) is 5.73 Å². The number of nitrogens with two attached hydrogens (primary N) is 1. The third-order valence-electron chi connectivity index (χ3n) is 3.43. The summed E-state index contributed by atoms with van der Waals surface area (Å²) in [6, 6.07) is 12.2. The Hall–Kier alpha value is -1.45. The Bertz CT molecular complexity index is 513. The van der Waals surface area contributed by atoms with E-state index in [1.54, 1.807) is 0 Å². The molecule has 2 aromatic rings. The van der Waals surface area contributed by atoms with Crippen LogP contribution in [0.1, 0.15) is 31.4 Å². The van der Waals surface area contributed by atoms with Gasteiger partial charge in [0.2, 0.25) is 0 Å².